The third-order valence-electron chi connectivity index (χ3n) is 2.83. The summed E-state index contributed by atoms with van der Waals surface area (Å²) in [4.78, 5) is 12.1. The van der Waals surface area contributed by atoms with Crippen molar-refractivity contribution in [1.82, 2.24) is 0 Å². The van der Waals surface area contributed by atoms with E-state index < -0.39 is 0 Å². The fourth-order valence-corrected chi connectivity index (χ4v) is 2.54. The van der Waals surface area contributed by atoms with Crippen LogP contribution in [0, 0.1) is 0 Å². The standard InChI is InChI=1S/C15H12Cl3NO2/c1-21-14-6-5-9(16)7-13(14)19-15(20)8-10-11(17)3-2-4-12(10)18/h2-7H,8H2,1H3,(H,19,20). The molecule has 0 saturated carbocycles. The lowest BCUT2D eigenvalue weighted by Crippen LogP contribution is -2.15. The Hall–Kier alpha value is -1.42. The predicted molar refractivity (Wildman–Crippen MR) is 86.8 cm³/mol. The van der Waals surface area contributed by atoms with Crippen LogP contribution in [0.25, 0.3) is 0 Å². The molecule has 21 heavy (non-hydrogen) atoms. The van der Waals surface area contributed by atoms with Gasteiger partial charge in [-0.15, -0.1) is 0 Å². The fraction of sp³-hybridized carbons (Fsp3) is 0.133. The van der Waals surface area contributed by atoms with Crippen molar-refractivity contribution in [2.24, 2.45) is 0 Å². The van der Waals surface area contributed by atoms with Gasteiger partial charge >= 0.3 is 0 Å². The normalized spacial score (nSPS) is 10.3. The van der Waals surface area contributed by atoms with Crippen LogP contribution < -0.4 is 10.1 Å². The van der Waals surface area contributed by atoms with Gasteiger partial charge < -0.3 is 10.1 Å². The molecule has 0 saturated heterocycles. The van der Waals surface area contributed by atoms with Crippen molar-refractivity contribution in [3.8, 4) is 5.75 Å². The summed E-state index contributed by atoms with van der Waals surface area (Å²) in [5.41, 5.74) is 1.08. The number of carbonyl (C=O) groups is 1. The Balaban J connectivity index is 2.17. The number of nitrogens with one attached hydrogen (secondary N) is 1. The summed E-state index contributed by atoms with van der Waals surface area (Å²) in [7, 11) is 1.52. The second-order valence-electron chi connectivity index (χ2n) is 4.27. The topological polar surface area (TPSA) is 38.3 Å². The molecule has 1 amide bonds. The zero-order chi connectivity index (χ0) is 15.4. The molecule has 0 aliphatic carbocycles. The zero-order valence-electron chi connectivity index (χ0n) is 11.1. The monoisotopic (exact) mass is 343 g/mol. The van der Waals surface area contributed by atoms with Crippen molar-refractivity contribution < 1.29 is 9.53 Å². The van der Waals surface area contributed by atoms with Gasteiger partial charge in [0.25, 0.3) is 0 Å². The van der Waals surface area contributed by atoms with Crippen LogP contribution in [0.1, 0.15) is 5.56 Å². The molecule has 0 unspecified atom stereocenters. The van der Waals surface area contributed by atoms with Crippen molar-refractivity contribution in [2.45, 2.75) is 6.42 Å². The third kappa shape index (κ3) is 4.03. The SMILES string of the molecule is COc1ccc(Cl)cc1NC(=O)Cc1c(Cl)cccc1Cl. The minimum absolute atomic E-state index is 0.0637. The van der Waals surface area contributed by atoms with Gasteiger partial charge in [0.2, 0.25) is 5.91 Å². The van der Waals surface area contributed by atoms with Crippen molar-refractivity contribution >= 4 is 46.4 Å². The van der Waals surface area contributed by atoms with Crippen LogP contribution >= 0.6 is 34.8 Å². The minimum atomic E-state index is -0.259. The number of amides is 1. The number of anilines is 1. The molecular formula is C15H12Cl3NO2. The predicted octanol–water partition coefficient (Wildman–Crippen LogP) is 4.84. The summed E-state index contributed by atoms with van der Waals surface area (Å²) in [6, 6.07) is 10.1. The average molecular weight is 345 g/mol. The Labute approximate surface area is 137 Å². The second-order valence-corrected chi connectivity index (χ2v) is 5.52. The van der Waals surface area contributed by atoms with E-state index in [1.807, 2.05) is 0 Å². The maximum Gasteiger partial charge on any atom is 0.229 e. The number of hydrogen-bond donors (Lipinski definition) is 1. The number of methoxy groups -OCH3 is 1. The molecule has 0 aliphatic heterocycles. The van der Waals surface area contributed by atoms with Crippen LogP contribution in [0.15, 0.2) is 36.4 Å². The lowest BCUT2D eigenvalue weighted by molar-refractivity contribution is -0.115. The molecule has 0 heterocycles. The molecule has 3 nitrogen and oxygen atoms in total. The number of benzene rings is 2. The van der Waals surface area contributed by atoms with E-state index in [9.17, 15) is 4.79 Å². The largest absolute Gasteiger partial charge is 0.495 e. The second kappa shape index (κ2) is 7.03. The van der Waals surface area contributed by atoms with Crippen molar-refractivity contribution in [3.05, 3.63) is 57.0 Å². The summed E-state index contributed by atoms with van der Waals surface area (Å²) in [6.07, 6.45) is 0.0637. The number of carbonyl (C=O) groups excluding carboxylic acids is 1. The van der Waals surface area contributed by atoms with Crippen LogP contribution in [-0.2, 0) is 11.2 Å². The van der Waals surface area contributed by atoms with Crippen LogP contribution in [0.2, 0.25) is 15.1 Å². The van der Waals surface area contributed by atoms with Gasteiger partial charge in [-0.3, -0.25) is 4.79 Å². The van der Waals surface area contributed by atoms with E-state index in [-0.39, 0.29) is 12.3 Å². The first-order valence-corrected chi connectivity index (χ1v) is 7.21. The van der Waals surface area contributed by atoms with Crippen molar-refractivity contribution in [2.75, 3.05) is 12.4 Å². The quantitative estimate of drug-likeness (QED) is 0.862. The Kier molecular flexibility index (Phi) is 5.34. The Morgan fingerprint density at radius 2 is 1.81 bits per heavy atom. The van der Waals surface area contributed by atoms with Gasteiger partial charge in [-0.25, -0.2) is 0 Å². The summed E-state index contributed by atoms with van der Waals surface area (Å²) in [5.74, 6) is 0.267. The molecule has 0 fully saturated rings. The van der Waals surface area contributed by atoms with E-state index in [1.165, 1.54) is 7.11 Å². The number of halogens is 3. The molecule has 0 bridgehead atoms. The molecule has 2 aromatic rings. The van der Waals surface area contributed by atoms with Gasteiger partial charge in [-0.05, 0) is 35.9 Å². The van der Waals surface area contributed by atoms with Crippen molar-refractivity contribution in [1.29, 1.82) is 0 Å². The van der Waals surface area contributed by atoms with Crippen LogP contribution in [0.3, 0.4) is 0 Å². The van der Waals surface area contributed by atoms with E-state index in [4.69, 9.17) is 39.5 Å². The summed E-state index contributed by atoms with van der Waals surface area (Å²) < 4.78 is 5.17. The van der Waals surface area contributed by atoms with Crippen molar-refractivity contribution in [3.63, 3.8) is 0 Å². The van der Waals surface area contributed by atoms with Crippen LogP contribution in [0.5, 0.6) is 5.75 Å². The van der Waals surface area contributed by atoms with Gasteiger partial charge in [-0.1, -0.05) is 40.9 Å². The smallest absolute Gasteiger partial charge is 0.229 e. The van der Waals surface area contributed by atoms with E-state index in [1.54, 1.807) is 36.4 Å². The molecule has 0 spiro atoms. The van der Waals surface area contributed by atoms with E-state index >= 15 is 0 Å². The van der Waals surface area contributed by atoms with E-state index in [0.717, 1.165) is 0 Å². The molecule has 6 heteroatoms. The third-order valence-corrected chi connectivity index (χ3v) is 3.78. The zero-order valence-corrected chi connectivity index (χ0v) is 13.4. The van der Waals surface area contributed by atoms with E-state index in [0.29, 0.717) is 32.1 Å². The lowest BCUT2D eigenvalue weighted by Gasteiger charge is -2.11. The first-order valence-electron chi connectivity index (χ1n) is 6.07. The van der Waals surface area contributed by atoms with Gasteiger partial charge in [0.05, 0.1) is 19.2 Å². The molecule has 1 N–H and O–H groups in total. The van der Waals surface area contributed by atoms with Crippen LogP contribution in [0.4, 0.5) is 5.69 Å². The Morgan fingerprint density at radius 1 is 1.14 bits per heavy atom. The minimum Gasteiger partial charge on any atom is -0.495 e. The Bertz CT molecular complexity index is 654. The average Bonchev–Trinajstić information content (AvgIpc) is 2.43. The van der Waals surface area contributed by atoms with Gasteiger partial charge in [0, 0.05) is 15.1 Å². The highest BCUT2D eigenvalue weighted by Gasteiger charge is 2.13. The van der Waals surface area contributed by atoms with Gasteiger partial charge in [-0.2, -0.15) is 0 Å². The Morgan fingerprint density at radius 3 is 2.43 bits per heavy atom. The molecule has 2 rings (SSSR count). The number of rotatable bonds is 4. The first kappa shape index (κ1) is 16.0. The maximum absolute atomic E-state index is 12.1. The number of ether oxygens (including phenoxy) is 1. The maximum atomic E-state index is 12.1. The highest BCUT2D eigenvalue weighted by atomic mass is 35.5. The van der Waals surface area contributed by atoms with Crippen LogP contribution in [-0.4, -0.2) is 13.0 Å². The van der Waals surface area contributed by atoms with E-state index in [2.05, 4.69) is 5.32 Å². The summed E-state index contributed by atoms with van der Waals surface area (Å²) in [6.45, 7) is 0. The molecule has 0 aromatic heterocycles. The molecule has 0 radical (unpaired) electrons. The number of hydrogen-bond acceptors (Lipinski definition) is 2. The molecular weight excluding hydrogens is 333 g/mol. The fourth-order valence-electron chi connectivity index (χ4n) is 1.83. The lowest BCUT2D eigenvalue weighted by atomic mass is 10.1. The summed E-state index contributed by atoms with van der Waals surface area (Å²) >= 11 is 18.0. The summed E-state index contributed by atoms with van der Waals surface area (Å²) in [5, 5.41) is 4.15. The highest BCUT2D eigenvalue weighted by Crippen LogP contribution is 2.29. The molecule has 2 aromatic carbocycles. The first-order chi connectivity index (χ1) is 10.0. The van der Waals surface area contributed by atoms with Gasteiger partial charge in [0.15, 0.2) is 0 Å². The molecule has 110 valence electrons. The molecule has 0 aliphatic rings. The van der Waals surface area contributed by atoms with Gasteiger partial charge in [0.1, 0.15) is 5.75 Å². The molecule has 0 atom stereocenters. The highest BCUT2D eigenvalue weighted by molar-refractivity contribution is 6.36.